The number of halogens is 3. The van der Waals surface area contributed by atoms with Crippen LogP contribution in [0, 0.1) is 13.8 Å². The van der Waals surface area contributed by atoms with Crippen molar-refractivity contribution >= 4 is 22.4 Å². The maximum absolute atomic E-state index is 13.2. The van der Waals surface area contributed by atoms with Crippen LogP contribution in [0.1, 0.15) is 17.0 Å². The van der Waals surface area contributed by atoms with E-state index in [-0.39, 0.29) is 22.6 Å². The topological polar surface area (TPSA) is 79.9 Å². The quantitative estimate of drug-likeness (QED) is 0.741. The predicted molar refractivity (Wildman–Crippen MR) is 90.9 cm³/mol. The lowest BCUT2D eigenvalue weighted by atomic mass is 10.1. The van der Waals surface area contributed by atoms with Gasteiger partial charge in [0.25, 0.3) is 5.56 Å². The molecule has 0 aliphatic heterocycles. The van der Waals surface area contributed by atoms with Crippen molar-refractivity contribution in [2.45, 2.75) is 20.0 Å². The summed E-state index contributed by atoms with van der Waals surface area (Å²) >= 11 is 0. The van der Waals surface area contributed by atoms with Crippen molar-refractivity contribution in [2.75, 3.05) is 12.4 Å². The van der Waals surface area contributed by atoms with Gasteiger partial charge in [-0.2, -0.15) is 13.2 Å². The first-order valence-corrected chi connectivity index (χ1v) is 7.59. The summed E-state index contributed by atoms with van der Waals surface area (Å²) in [6.45, 7) is 3.41. The number of pyridine rings is 1. The van der Waals surface area contributed by atoms with Crippen molar-refractivity contribution < 1.29 is 17.9 Å². The largest absolute Gasteiger partial charge is 0.496 e. The highest BCUT2D eigenvalue weighted by atomic mass is 19.4. The van der Waals surface area contributed by atoms with Gasteiger partial charge >= 0.3 is 6.18 Å². The number of aryl methyl sites for hydroxylation is 2. The molecule has 0 spiro atoms. The third kappa shape index (κ3) is 3.19. The summed E-state index contributed by atoms with van der Waals surface area (Å²) in [5, 5.41) is 2.97. The van der Waals surface area contributed by atoms with Crippen molar-refractivity contribution in [3.63, 3.8) is 0 Å². The van der Waals surface area contributed by atoms with Gasteiger partial charge in [0, 0.05) is 11.9 Å². The van der Waals surface area contributed by atoms with E-state index in [0.29, 0.717) is 11.3 Å². The second-order valence-electron chi connectivity index (χ2n) is 5.68. The summed E-state index contributed by atoms with van der Waals surface area (Å²) in [4.78, 5) is 23.2. The van der Waals surface area contributed by atoms with E-state index in [2.05, 4.69) is 20.3 Å². The van der Waals surface area contributed by atoms with Gasteiger partial charge in [0.1, 0.15) is 22.8 Å². The monoisotopic (exact) mass is 364 g/mol. The number of nitrogens with zero attached hydrogens (tertiary/aromatic N) is 2. The summed E-state index contributed by atoms with van der Waals surface area (Å²) < 4.78 is 44.4. The molecule has 3 aromatic rings. The van der Waals surface area contributed by atoms with Crippen molar-refractivity contribution in [3.05, 3.63) is 51.7 Å². The fraction of sp³-hybridized carbons (Fsp3) is 0.235. The summed E-state index contributed by atoms with van der Waals surface area (Å²) in [5.41, 5.74) is -0.0755. The molecule has 0 saturated heterocycles. The maximum atomic E-state index is 13.2. The minimum Gasteiger partial charge on any atom is -0.496 e. The van der Waals surface area contributed by atoms with E-state index in [1.165, 1.54) is 25.4 Å². The molecule has 0 bridgehead atoms. The highest BCUT2D eigenvalue weighted by Crippen LogP contribution is 2.38. The Kier molecular flexibility index (Phi) is 4.31. The van der Waals surface area contributed by atoms with Crippen LogP contribution in [-0.2, 0) is 6.18 Å². The molecule has 0 fully saturated rings. The van der Waals surface area contributed by atoms with Gasteiger partial charge in [-0.3, -0.25) is 4.79 Å². The van der Waals surface area contributed by atoms with Crippen LogP contribution in [0.25, 0.3) is 10.9 Å². The number of hydrogen-bond donors (Lipinski definition) is 2. The van der Waals surface area contributed by atoms with Crippen LogP contribution in [0.3, 0.4) is 0 Å². The zero-order valence-corrected chi connectivity index (χ0v) is 14.2. The Morgan fingerprint density at radius 2 is 1.92 bits per heavy atom. The van der Waals surface area contributed by atoms with Crippen molar-refractivity contribution in [2.24, 2.45) is 0 Å². The molecule has 2 N–H and O–H groups in total. The number of methoxy groups -OCH3 is 1. The lowest BCUT2D eigenvalue weighted by Gasteiger charge is -2.15. The summed E-state index contributed by atoms with van der Waals surface area (Å²) in [6.07, 6.45) is -3.06. The van der Waals surface area contributed by atoms with Gasteiger partial charge in [-0.05, 0) is 37.6 Å². The minimum absolute atomic E-state index is 0.124. The van der Waals surface area contributed by atoms with Gasteiger partial charge in [-0.1, -0.05) is 0 Å². The molecule has 0 aliphatic carbocycles. The van der Waals surface area contributed by atoms with Gasteiger partial charge in [-0.15, -0.1) is 0 Å². The number of nitrogens with one attached hydrogen (secondary N) is 2. The zero-order chi connectivity index (χ0) is 19.1. The normalized spacial score (nSPS) is 11.6. The molecule has 0 aliphatic rings. The average molecular weight is 364 g/mol. The van der Waals surface area contributed by atoms with E-state index in [1.807, 2.05) is 0 Å². The molecule has 0 amide bonds. The molecule has 6 nitrogen and oxygen atoms in total. The second-order valence-corrected chi connectivity index (χ2v) is 5.68. The third-order valence-corrected chi connectivity index (χ3v) is 3.81. The standard InChI is InChI=1S/C17H15F3N4O2/c1-8-7-21-16(25)13-14(8)22-9(2)23-15(13)24-10-4-5-12(26-3)11(6-10)17(18,19)20/h4-7H,1-3H3,(H,21,25)(H,22,23,24). The van der Waals surface area contributed by atoms with Crippen LogP contribution < -0.4 is 15.6 Å². The second kappa shape index (κ2) is 6.32. The fourth-order valence-electron chi connectivity index (χ4n) is 2.62. The maximum Gasteiger partial charge on any atom is 0.420 e. The molecule has 0 saturated carbocycles. The molecule has 1 aromatic carbocycles. The first-order valence-electron chi connectivity index (χ1n) is 7.59. The van der Waals surface area contributed by atoms with Crippen molar-refractivity contribution in [1.82, 2.24) is 15.0 Å². The molecule has 0 atom stereocenters. The van der Waals surface area contributed by atoms with Crippen LogP contribution in [0.2, 0.25) is 0 Å². The van der Waals surface area contributed by atoms with Crippen molar-refractivity contribution in [3.8, 4) is 5.75 Å². The third-order valence-electron chi connectivity index (χ3n) is 3.81. The first kappa shape index (κ1) is 17.7. The molecular formula is C17H15F3N4O2. The molecule has 2 aromatic heterocycles. The number of alkyl halides is 3. The smallest absolute Gasteiger partial charge is 0.420 e. The van der Waals surface area contributed by atoms with Crippen LogP contribution in [0.4, 0.5) is 24.7 Å². The van der Waals surface area contributed by atoms with E-state index in [1.54, 1.807) is 13.8 Å². The highest BCUT2D eigenvalue weighted by molar-refractivity contribution is 5.91. The number of ether oxygens (including phenoxy) is 1. The highest BCUT2D eigenvalue weighted by Gasteiger charge is 2.34. The number of aromatic amines is 1. The van der Waals surface area contributed by atoms with Gasteiger partial charge in [0.05, 0.1) is 18.2 Å². The SMILES string of the molecule is COc1ccc(Nc2nc(C)nc3c(C)c[nH]c(=O)c23)cc1C(F)(F)F. The van der Waals surface area contributed by atoms with E-state index in [0.717, 1.165) is 11.6 Å². The van der Waals surface area contributed by atoms with Crippen LogP contribution >= 0.6 is 0 Å². The first-order chi connectivity index (χ1) is 12.2. The van der Waals surface area contributed by atoms with Gasteiger partial charge in [-0.25, -0.2) is 9.97 Å². The number of hydrogen-bond acceptors (Lipinski definition) is 5. The lowest BCUT2D eigenvalue weighted by molar-refractivity contribution is -0.138. The Morgan fingerprint density at radius 3 is 2.58 bits per heavy atom. The van der Waals surface area contributed by atoms with Crippen LogP contribution in [0.15, 0.2) is 29.2 Å². The summed E-state index contributed by atoms with van der Waals surface area (Å²) in [6, 6.07) is 3.53. The Labute approximate surface area is 146 Å². The molecular weight excluding hydrogens is 349 g/mol. The Bertz CT molecular complexity index is 1040. The van der Waals surface area contributed by atoms with Gasteiger partial charge in [0.2, 0.25) is 0 Å². The van der Waals surface area contributed by atoms with Gasteiger partial charge < -0.3 is 15.0 Å². The van der Waals surface area contributed by atoms with Gasteiger partial charge in [0.15, 0.2) is 0 Å². The molecule has 9 heteroatoms. The van der Waals surface area contributed by atoms with Crippen molar-refractivity contribution in [1.29, 1.82) is 0 Å². The summed E-state index contributed by atoms with van der Waals surface area (Å²) in [5.74, 6) is 0.231. The molecule has 2 heterocycles. The number of rotatable bonds is 3. The molecule has 0 radical (unpaired) electrons. The zero-order valence-electron chi connectivity index (χ0n) is 14.2. The molecule has 0 unspecified atom stereocenters. The van der Waals surface area contributed by atoms with Crippen LogP contribution in [0.5, 0.6) is 5.75 Å². The lowest BCUT2D eigenvalue weighted by Crippen LogP contribution is -2.12. The number of benzene rings is 1. The predicted octanol–water partition coefficient (Wildman–Crippen LogP) is 3.71. The summed E-state index contributed by atoms with van der Waals surface area (Å²) in [7, 11) is 1.17. The number of H-pyrrole nitrogens is 1. The minimum atomic E-state index is -4.58. The molecule has 26 heavy (non-hydrogen) atoms. The van der Waals surface area contributed by atoms with E-state index in [9.17, 15) is 18.0 Å². The Hall–Kier alpha value is -3.10. The van der Waals surface area contributed by atoms with E-state index >= 15 is 0 Å². The number of fused-ring (bicyclic) bond motifs is 1. The molecule has 136 valence electrons. The van der Waals surface area contributed by atoms with Crippen LogP contribution in [-0.4, -0.2) is 22.1 Å². The number of anilines is 2. The average Bonchev–Trinajstić information content (AvgIpc) is 2.57. The Balaban J connectivity index is 2.16. The fourth-order valence-corrected chi connectivity index (χ4v) is 2.62. The molecule has 3 rings (SSSR count). The number of aromatic nitrogens is 3. The van der Waals surface area contributed by atoms with E-state index in [4.69, 9.17) is 4.74 Å². The Morgan fingerprint density at radius 1 is 1.19 bits per heavy atom. The van der Waals surface area contributed by atoms with E-state index < -0.39 is 17.3 Å².